The minimum atomic E-state index is 0.178. The van der Waals surface area contributed by atoms with Crippen LogP contribution < -0.4 is 14.8 Å². The first kappa shape index (κ1) is 15.2. The van der Waals surface area contributed by atoms with Gasteiger partial charge in [-0.15, -0.1) is 0 Å². The van der Waals surface area contributed by atoms with E-state index < -0.39 is 0 Å². The van der Waals surface area contributed by atoms with Crippen LogP contribution in [-0.2, 0) is 0 Å². The molecule has 3 nitrogen and oxygen atoms in total. The van der Waals surface area contributed by atoms with E-state index in [1.54, 1.807) is 14.2 Å². The zero-order valence-electron chi connectivity index (χ0n) is 13.1. The fourth-order valence-electron chi connectivity index (χ4n) is 2.48. The predicted molar refractivity (Wildman–Crippen MR) is 87.4 cm³/mol. The number of nitrogens with one attached hydrogen (secondary N) is 1. The van der Waals surface area contributed by atoms with Crippen LogP contribution >= 0.6 is 0 Å². The van der Waals surface area contributed by atoms with Gasteiger partial charge in [-0.3, -0.25) is 0 Å². The number of rotatable bonds is 6. The predicted octanol–water partition coefficient (Wildman–Crippen LogP) is 4.58. The second-order valence-electron chi connectivity index (χ2n) is 5.05. The van der Waals surface area contributed by atoms with Gasteiger partial charge in [0.2, 0.25) is 0 Å². The number of ether oxygens (including phenoxy) is 2. The first-order valence-electron chi connectivity index (χ1n) is 7.23. The summed E-state index contributed by atoms with van der Waals surface area (Å²) < 4.78 is 10.9. The molecule has 2 aromatic rings. The lowest BCUT2D eigenvalue weighted by Gasteiger charge is -2.22. The highest BCUT2D eigenvalue weighted by Crippen LogP contribution is 2.33. The molecule has 2 rings (SSSR count). The van der Waals surface area contributed by atoms with E-state index in [9.17, 15) is 0 Å². The Hall–Kier alpha value is -2.16. The van der Waals surface area contributed by atoms with Crippen LogP contribution in [0.25, 0.3) is 0 Å². The first-order chi connectivity index (χ1) is 10.2. The molecular weight excluding hydrogens is 262 g/mol. The van der Waals surface area contributed by atoms with Gasteiger partial charge >= 0.3 is 0 Å². The molecule has 1 atom stereocenters. The Morgan fingerprint density at radius 3 is 2.38 bits per heavy atom. The molecule has 0 aliphatic carbocycles. The van der Waals surface area contributed by atoms with Gasteiger partial charge in [-0.05, 0) is 37.1 Å². The van der Waals surface area contributed by atoms with Crippen LogP contribution in [0.5, 0.6) is 11.5 Å². The lowest BCUT2D eigenvalue weighted by molar-refractivity contribution is 0.405. The van der Waals surface area contributed by atoms with Gasteiger partial charge in [-0.1, -0.05) is 31.2 Å². The summed E-state index contributed by atoms with van der Waals surface area (Å²) in [6.45, 7) is 4.24. The third-order valence-electron chi connectivity index (χ3n) is 3.61. The van der Waals surface area contributed by atoms with Crippen molar-refractivity contribution in [2.45, 2.75) is 26.3 Å². The zero-order valence-corrected chi connectivity index (χ0v) is 13.1. The van der Waals surface area contributed by atoms with Gasteiger partial charge in [0.05, 0.1) is 25.9 Å². The van der Waals surface area contributed by atoms with E-state index in [2.05, 4.69) is 31.3 Å². The van der Waals surface area contributed by atoms with Gasteiger partial charge in [0.1, 0.15) is 11.5 Å². The van der Waals surface area contributed by atoms with Crippen molar-refractivity contribution in [3.05, 3.63) is 53.6 Å². The first-order valence-corrected chi connectivity index (χ1v) is 7.23. The largest absolute Gasteiger partial charge is 0.496 e. The molecule has 1 unspecified atom stereocenters. The summed E-state index contributed by atoms with van der Waals surface area (Å²) in [4.78, 5) is 0. The van der Waals surface area contributed by atoms with Gasteiger partial charge in [0.25, 0.3) is 0 Å². The normalized spacial score (nSPS) is 11.8. The number of benzene rings is 2. The van der Waals surface area contributed by atoms with Gasteiger partial charge < -0.3 is 14.8 Å². The average molecular weight is 285 g/mol. The molecule has 112 valence electrons. The molecule has 0 amide bonds. The van der Waals surface area contributed by atoms with Crippen molar-refractivity contribution >= 4 is 5.69 Å². The fourth-order valence-corrected chi connectivity index (χ4v) is 2.48. The average Bonchev–Trinajstić information content (AvgIpc) is 2.52. The van der Waals surface area contributed by atoms with Crippen molar-refractivity contribution < 1.29 is 9.47 Å². The standard InChI is InChI=1S/C18H23NO2/c1-5-15(14-8-6-7-9-17(14)20-3)19-16-12-13(2)10-11-18(16)21-4/h6-12,15,19H,5H2,1-4H3. The lowest BCUT2D eigenvalue weighted by atomic mass is 10.0. The van der Waals surface area contributed by atoms with Crippen molar-refractivity contribution in [2.24, 2.45) is 0 Å². The topological polar surface area (TPSA) is 30.5 Å². The molecule has 0 aromatic heterocycles. The Morgan fingerprint density at radius 1 is 1.00 bits per heavy atom. The molecule has 0 bridgehead atoms. The molecule has 0 fully saturated rings. The highest BCUT2D eigenvalue weighted by molar-refractivity contribution is 5.59. The Kier molecular flexibility index (Phi) is 5.09. The summed E-state index contributed by atoms with van der Waals surface area (Å²) >= 11 is 0. The van der Waals surface area contributed by atoms with E-state index >= 15 is 0 Å². The van der Waals surface area contributed by atoms with Crippen molar-refractivity contribution in [1.82, 2.24) is 0 Å². The molecule has 0 radical (unpaired) electrons. The molecule has 3 heteroatoms. The van der Waals surface area contributed by atoms with Crippen LogP contribution in [0.15, 0.2) is 42.5 Å². The number of methoxy groups -OCH3 is 2. The van der Waals surface area contributed by atoms with Gasteiger partial charge in [0, 0.05) is 5.56 Å². The molecule has 1 N–H and O–H groups in total. The fraction of sp³-hybridized carbons (Fsp3) is 0.333. The van der Waals surface area contributed by atoms with E-state index in [-0.39, 0.29) is 6.04 Å². The maximum absolute atomic E-state index is 5.47. The third kappa shape index (κ3) is 3.48. The van der Waals surface area contributed by atoms with Crippen LogP contribution in [0.4, 0.5) is 5.69 Å². The molecule has 0 heterocycles. The minimum Gasteiger partial charge on any atom is -0.496 e. The quantitative estimate of drug-likeness (QED) is 0.843. The smallest absolute Gasteiger partial charge is 0.141 e. The Bertz CT molecular complexity index is 596. The van der Waals surface area contributed by atoms with Crippen molar-refractivity contribution in [3.8, 4) is 11.5 Å². The Labute approximate surface area is 126 Å². The molecule has 21 heavy (non-hydrogen) atoms. The summed E-state index contributed by atoms with van der Waals surface area (Å²) in [5.41, 5.74) is 3.37. The van der Waals surface area contributed by atoms with Crippen molar-refractivity contribution in [2.75, 3.05) is 19.5 Å². The number of para-hydroxylation sites is 1. The summed E-state index contributed by atoms with van der Waals surface area (Å²) in [5.74, 6) is 1.76. The van der Waals surface area contributed by atoms with Gasteiger partial charge in [0.15, 0.2) is 0 Å². The summed E-state index contributed by atoms with van der Waals surface area (Å²) in [6.07, 6.45) is 0.956. The van der Waals surface area contributed by atoms with E-state index in [4.69, 9.17) is 9.47 Å². The second kappa shape index (κ2) is 7.02. The summed E-state index contributed by atoms with van der Waals surface area (Å²) in [6, 6.07) is 14.4. The van der Waals surface area contributed by atoms with Crippen LogP contribution in [0, 0.1) is 6.92 Å². The Balaban J connectivity index is 2.33. The molecule has 0 aliphatic heterocycles. The zero-order chi connectivity index (χ0) is 15.2. The molecule has 0 spiro atoms. The van der Waals surface area contributed by atoms with E-state index in [1.807, 2.05) is 30.3 Å². The Morgan fingerprint density at radius 2 is 1.71 bits per heavy atom. The highest BCUT2D eigenvalue weighted by atomic mass is 16.5. The van der Waals surface area contributed by atoms with Crippen LogP contribution in [0.1, 0.15) is 30.5 Å². The summed E-state index contributed by atoms with van der Waals surface area (Å²) in [5, 5.41) is 3.58. The van der Waals surface area contributed by atoms with Gasteiger partial charge in [-0.25, -0.2) is 0 Å². The maximum Gasteiger partial charge on any atom is 0.141 e. The molecule has 2 aromatic carbocycles. The van der Waals surface area contributed by atoms with Crippen LogP contribution in [0.3, 0.4) is 0 Å². The van der Waals surface area contributed by atoms with Crippen molar-refractivity contribution in [1.29, 1.82) is 0 Å². The second-order valence-corrected chi connectivity index (χ2v) is 5.05. The van der Waals surface area contributed by atoms with E-state index in [1.165, 1.54) is 5.56 Å². The molecule has 0 saturated carbocycles. The minimum absolute atomic E-state index is 0.178. The van der Waals surface area contributed by atoms with Crippen molar-refractivity contribution in [3.63, 3.8) is 0 Å². The van der Waals surface area contributed by atoms with Crippen LogP contribution in [-0.4, -0.2) is 14.2 Å². The van der Waals surface area contributed by atoms with Crippen LogP contribution in [0.2, 0.25) is 0 Å². The molecule has 0 aliphatic rings. The third-order valence-corrected chi connectivity index (χ3v) is 3.61. The molecule has 0 saturated heterocycles. The van der Waals surface area contributed by atoms with Gasteiger partial charge in [-0.2, -0.15) is 0 Å². The SMILES string of the molecule is CCC(Nc1cc(C)ccc1OC)c1ccccc1OC. The lowest BCUT2D eigenvalue weighted by Crippen LogP contribution is -2.11. The molecular formula is C18H23NO2. The number of anilines is 1. The number of hydrogen-bond acceptors (Lipinski definition) is 3. The van der Waals surface area contributed by atoms with E-state index in [0.29, 0.717) is 0 Å². The monoisotopic (exact) mass is 285 g/mol. The van der Waals surface area contributed by atoms with E-state index in [0.717, 1.165) is 29.2 Å². The number of aryl methyl sites for hydroxylation is 1. The maximum atomic E-state index is 5.47. The summed E-state index contributed by atoms with van der Waals surface area (Å²) in [7, 11) is 3.40. The highest BCUT2D eigenvalue weighted by Gasteiger charge is 2.15. The number of hydrogen-bond donors (Lipinski definition) is 1.